The van der Waals surface area contributed by atoms with Gasteiger partial charge in [0.2, 0.25) is 0 Å². The van der Waals surface area contributed by atoms with Gasteiger partial charge in [0.1, 0.15) is 0 Å². The van der Waals surface area contributed by atoms with E-state index >= 15 is 0 Å². The molecule has 0 N–H and O–H groups in total. The maximum absolute atomic E-state index is 13.6. The van der Waals surface area contributed by atoms with Gasteiger partial charge in [-0.2, -0.15) is 0 Å². The fraction of sp³-hybridized carbons (Fsp3) is 0.0769. The average molecular weight is 306 g/mol. The highest BCUT2D eigenvalue weighted by Crippen LogP contribution is 2.40. The van der Waals surface area contributed by atoms with Crippen LogP contribution in [0.25, 0.3) is 11.1 Å². The van der Waals surface area contributed by atoms with Crippen molar-refractivity contribution in [2.45, 2.75) is 0 Å². The fourth-order valence-electron chi connectivity index (χ4n) is 1.66. The van der Waals surface area contributed by atoms with Gasteiger partial charge in [-0.05, 0) is 18.2 Å². The number of hydrogen-bond acceptors (Lipinski definition) is 1. The molecule has 0 radical (unpaired) electrons. The van der Waals surface area contributed by atoms with E-state index in [0.717, 1.165) is 0 Å². The molecule has 0 bridgehead atoms. The van der Waals surface area contributed by atoms with Crippen molar-refractivity contribution in [3.8, 4) is 16.9 Å². The fourth-order valence-corrected chi connectivity index (χ4v) is 2.31. The first kappa shape index (κ1) is 13.5. The molecule has 0 saturated carbocycles. The molecule has 0 aromatic heterocycles. The van der Waals surface area contributed by atoms with E-state index in [4.69, 9.17) is 39.5 Å². The molecular formula is C13H8Cl3FO. The highest BCUT2D eigenvalue weighted by molar-refractivity contribution is 6.44. The standard InChI is InChI=1S/C13H8Cl3FO/c1-18-13-7(3-2-4-12(13)17)8-5-10(15)11(16)6-9(8)14/h2-6H,1H3. The van der Waals surface area contributed by atoms with Crippen molar-refractivity contribution in [3.63, 3.8) is 0 Å². The van der Waals surface area contributed by atoms with E-state index in [1.54, 1.807) is 18.2 Å². The van der Waals surface area contributed by atoms with Gasteiger partial charge in [0.25, 0.3) is 0 Å². The molecule has 0 aliphatic carbocycles. The summed E-state index contributed by atoms with van der Waals surface area (Å²) >= 11 is 17.9. The largest absolute Gasteiger partial charge is 0.493 e. The summed E-state index contributed by atoms with van der Waals surface area (Å²) in [6, 6.07) is 7.70. The Morgan fingerprint density at radius 1 is 0.944 bits per heavy atom. The minimum atomic E-state index is -0.461. The molecular weight excluding hydrogens is 297 g/mol. The summed E-state index contributed by atoms with van der Waals surface area (Å²) in [6.45, 7) is 0. The third-order valence-electron chi connectivity index (χ3n) is 2.47. The molecule has 0 fully saturated rings. The predicted octanol–water partition coefficient (Wildman–Crippen LogP) is 5.46. The second-order valence-electron chi connectivity index (χ2n) is 3.57. The second kappa shape index (κ2) is 5.35. The highest BCUT2D eigenvalue weighted by atomic mass is 35.5. The molecule has 2 aromatic carbocycles. The van der Waals surface area contributed by atoms with E-state index in [1.807, 2.05) is 0 Å². The lowest BCUT2D eigenvalue weighted by atomic mass is 10.0. The van der Waals surface area contributed by atoms with Gasteiger partial charge in [-0.3, -0.25) is 0 Å². The zero-order chi connectivity index (χ0) is 13.3. The van der Waals surface area contributed by atoms with E-state index in [2.05, 4.69) is 0 Å². The van der Waals surface area contributed by atoms with Gasteiger partial charge in [0, 0.05) is 11.1 Å². The van der Waals surface area contributed by atoms with Crippen LogP contribution in [0.2, 0.25) is 15.1 Å². The first-order valence-electron chi connectivity index (χ1n) is 5.02. The summed E-state index contributed by atoms with van der Waals surface area (Å²) < 4.78 is 18.7. The molecule has 0 unspecified atom stereocenters. The molecule has 1 nitrogen and oxygen atoms in total. The Hall–Kier alpha value is -0.960. The van der Waals surface area contributed by atoms with Crippen LogP contribution in [-0.2, 0) is 0 Å². The zero-order valence-electron chi connectivity index (χ0n) is 9.31. The lowest BCUT2D eigenvalue weighted by Gasteiger charge is -2.11. The van der Waals surface area contributed by atoms with Crippen LogP contribution in [-0.4, -0.2) is 7.11 Å². The number of hydrogen-bond donors (Lipinski definition) is 0. The van der Waals surface area contributed by atoms with Crippen molar-refractivity contribution in [3.05, 3.63) is 51.2 Å². The summed E-state index contributed by atoms with van der Waals surface area (Å²) in [5.41, 5.74) is 1.10. The molecule has 0 amide bonds. The molecule has 2 aromatic rings. The molecule has 18 heavy (non-hydrogen) atoms. The SMILES string of the molecule is COc1c(F)cccc1-c1cc(Cl)c(Cl)cc1Cl. The van der Waals surface area contributed by atoms with Crippen molar-refractivity contribution in [1.82, 2.24) is 0 Å². The third-order valence-corrected chi connectivity index (χ3v) is 3.51. The highest BCUT2D eigenvalue weighted by Gasteiger charge is 2.15. The first-order valence-corrected chi connectivity index (χ1v) is 6.15. The third kappa shape index (κ3) is 2.41. The average Bonchev–Trinajstić information content (AvgIpc) is 2.33. The van der Waals surface area contributed by atoms with Crippen molar-refractivity contribution in [2.75, 3.05) is 7.11 Å². The smallest absolute Gasteiger partial charge is 0.165 e. The lowest BCUT2D eigenvalue weighted by Crippen LogP contribution is -1.92. The molecule has 0 atom stereocenters. The van der Waals surface area contributed by atoms with Crippen molar-refractivity contribution in [1.29, 1.82) is 0 Å². The predicted molar refractivity (Wildman–Crippen MR) is 73.4 cm³/mol. The summed E-state index contributed by atoms with van der Waals surface area (Å²) in [6.07, 6.45) is 0. The molecule has 0 saturated heterocycles. The van der Waals surface area contributed by atoms with E-state index in [0.29, 0.717) is 26.2 Å². The molecule has 0 heterocycles. The number of benzene rings is 2. The van der Waals surface area contributed by atoms with Crippen molar-refractivity contribution < 1.29 is 9.13 Å². The monoisotopic (exact) mass is 304 g/mol. The Kier molecular flexibility index (Phi) is 4.00. The van der Waals surface area contributed by atoms with Gasteiger partial charge in [0.15, 0.2) is 11.6 Å². The van der Waals surface area contributed by atoms with Crippen molar-refractivity contribution in [2.24, 2.45) is 0 Å². The van der Waals surface area contributed by atoms with Crippen molar-refractivity contribution >= 4 is 34.8 Å². The van der Waals surface area contributed by atoms with Crippen LogP contribution in [0.5, 0.6) is 5.75 Å². The Morgan fingerprint density at radius 3 is 2.28 bits per heavy atom. The normalized spacial score (nSPS) is 10.5. The number of methoxy groups -OCH3 is 1. The number of halogens is 4. The minimum Gasteiger partial charge on any atom is -0.493 e. The Labute approximate surface area is 119 Å². The van der Waals surface area contributed by atoms with Gasteiger partial charge >= 0.3 is 0 Å². The van der Waals surface area contributed by atoms with Crippen LogP contribution in [0.15, 0.2) is 30.3 Å². The molecule has 5 heteroatoms. The van der Waals surface area contributed by atoms with Crippen LogP contribution in [0.1, 0.15) is 0 Å². The number of ether oxygens (including phenoxy) is 1. The maximum atomic E-state index is 13.6. The molecule has 94 valence electrons. The van der Waals surface area contributed by atoms with Gasteiger partial charge in [0.05, 0.1) is 22.2 Å². The van der Waals surface area contributed by atoms with E-state index in [9.17, 15) is 4.39 Å². The first-order chi connectivity index (χ1) is 8.54. The van der Waals surface area contributed by atoms with E-state index in [-0.39, 0.29) is 5.75 Å². The van der Waals surface area contributed by atoms with Crippen LogP contribution in [0, 0.1) is 5.82 Å². The van der Waals surface area contributed by atoms with Crippen LogP contribution >= 0.6 is 34.8 Å². The molecule has 0 aliphatic heterocycles. The topological polar surface area (TPSA) is 9.23 Å². The molecule has 0 spiro atoms. The number of para-hydroxylation sites is 1. The second-order valence-corrected chi connectivity index (χ2v) is 4.79. The Bertz CT molecular complexity index is 599. The van der Waals surface area contributed by atoms with Gasteiger partial charge < -0.3 is 4.74 Å². The van der Waals surface area contributed by atoms with Gasteiger partial charge in [-0.1, -0.05) is 46.9 Å². The summed E-state index contributed by atoms with van der Waals surface area (Å²) in [4.78, 5) is 0. The quantitative estimate of drug-likeness (QED) is 0.669. The van der Waals surface area contributed by atoms with Crippen LogP contribution < -0.4 is 4.74 Å². The zero-order valence-corrected chi connectivity index (χ0v) is 11.6. The molecule has 2 rings (SSSR count). The summed E-state index contributed by atoms with van der Waals surface area (Å²) in [5, 5.41) is 1.08. The van der Waals surface area contributed by atoms with Crippen LogP contribution in [0.4, 0.5) is 4.39 Å². The maximum Gasteiger partial charge on any atom is 0.165 e. The summed E-state index contributed by atoms with van der Waals surface area (Å²) in [7, 11) is 1.40. The Balaban J connectivity index is 2.69. The molecule has 0 aliphatic rings. The van der Waals surface area contributed by atoms with Crippen LogP contribution in [0.3, 0.4) is 0 Å². The van der Waals surface area contributed by atoms with E-state index in [1.165, 1.54) is 19.2 Å². The number of rotatable bonds is 2. The van der Waals surface area contributed by atoms with Gasteiger partial charge in [-0.25, -0.2) is 4.39 Å². The lowest BCUT2D eigenvalue weighted by molar-refractivity contribution is 0.388. The summed E-state index contributed by atoms with van der Waals surface area (Å²) in [5.74, 6) is -0.338. The minimum absolute atomic E-state index is 0.123. The Morgan fingerprint density at radius 2 is 1.61 bits per heavy atom. The van der Waals surface area contributed by atoms with E-state index < -0.39 is 5.82 Å². The van der Waals surface area contributed by atoms with Gasteiger partial charge in [-0.15, -0.1) is 0 Å².